The minimum Gasteiger partial charge on any atom is -0.496 e. The van der Waals surface area contributed by atoms with Crippen molar-refractivity contribution >= 4 is 5.69 Å². The Balaban J connectivity index is 1.13. The highest BCUT2D eigenvalue weighted by Crippen LogP contribution is 2.35. The van der Waals surface area contributed by atoms with E-state index in [1.165, 1.54) is 28.8 Å². The zero-order valence-electron chi connectivity index (χ0n) is 28.0. The monoisotopic (exact) mass is 633 g/mol. The maximum atomic E-state index is 6.66. The molecule has 5 rings (SSSR count). The lowest BCUT2D eigenvalue weighted by Gasteiger charge is -2.42. The number of aryl methyl sites for hydroxylation is 1. The highest BCUT2D eigenvalue weighted by Gasteiger charge is 2.36. The normalized spacial score (nSPS) is 19.0. The number of nitrogens with zero attached hydrogens (tertiary/aromatic N) is 1. The van der Waals surface area contributed by atoms with E-state index in [0.717, 1.165) is 86.7 Å². The van der Waals surface area contributed by atoms with Crippen LogP contribution in [-0.4, -0.2) is 86.6 Å². The van der Waals surface area contributed by atoms with Gasteiger partial charge in [-0.25, -0.2) is 0 Å². The molecular formula is C38H53N2O6+. The van der Waals surface area contributed by atoms with Crippen molar-refractivity contribution in [3.05, 3.63) is 89.0 Å². The second-order valence-corrected chi connectivity index (χ2v) is 12.5. The van der Waals surface area contributed by atoms with Crippen molar-refractivity contribution < 1.29 is 28.4 Å². The summed E-state index contributed by atoms with van der Waals surface area (Å²) >= 11 is 0. The van der Waals surface area contributed by atoms with E-state index >= 15 is 0 Å². The van der Waals surface area contributed by atoms with Gasteiger partial charge < -0.3 is 33.7 Å². The smallest absolute Gasteiger partial charge is 0.136 e. The van der Waals surface area contributed by atoms with Gasteiger partial charge >= 0.3 is 0 Å². The molecule has 46 heavy (non-hydrogen) atoms. The molecule has 2 aliphatic rings. The molecule has 0 radical (unpaired) electrons. The molecule has 0 aliphatic carbocycles. The Morgan fingerprint density at radius 1 is 0.848 bits per heavy atom. The predicted molar refractivity (Wildman–Crippen MR) is 183 cm³/mol. The predicted octanol–water partition coefficient (Wildman–Crippen LogP) is 5.89. The van der Waals surface area contributed by atoms with E-state index in [9.17, 15) is 0 Å². The summed E-state index contributed by atoms with van der Waals surface area (Å²) in [4.78, 5) is 0. The Morgan fingerprint density at radius 2 is 1.65 bits per heavy atom. The van der Waals surface area contributed by atoms with Crippen molar-refractivity contribution in [1.82, 2.24) is 9.80 Å². The van der Waals surface area contributed by atoms with Crippen LogP contribution in [0.2, 0.25) is 0 Å². The van der Waals surface area contributed by atoms with Crippen molar-refractivity contribution in [2.75, 3.05) is 80.5 Å². The van der Waals surface area contributed by atoms with Crippen molar-refractivity contribution in [3.63, 3.8) is 0 Å². The number of hydrogen-bond acceptors (Lipinski definition) is 7. The first-order valence-electron chi connectivity index (χ1n) is 16.9. The number of methoxy groups -OCH3 is 3. The number of quaternary nitrogens is 1. The summed E-state index contributed by atoms with van der Waals surface area (Å²) in [5, 5.41) is 3.55. The van der Waals surface area contributed by atoms with Crippen molar-refractivity contribution in [1.29, 1.82) is 0 Å². The Hall–Kier alpha value is -2.98. The minimum absolute atomic E-state index is 0.109. The van der Waals surface area contributed by atoms with Crippen molar-refractivity contribution in [2.24, 2.45) is 0 Å². The van der Waals surface area contributed by atoms with Gasteiger partial charge in [-0.2, -0.15) is 0 Å². The highest BCUT2D eigenvalue weighted by molar-refractivity contribution is 5.54. The number of rotatable bonds is 18. The Labute approximate surface area is 275 Å². The second kappa shape index (κ2) is 17.8. The quantitative estimate of drug-likeness (QED) is 0.138. The van der Waals surface area contributed by atoms with E-state index in [-0.39, 0.29) is 6.10 Å². The van der Waals surface area contributed by atoms with Gasteiger partial charge in [0.2, 0.25) is 0 Å². The molecule has 8 nitrogen and oxygen atoms in total. The molecule has 1 fully saturated rings. The van der Waals surface area contributed by atoms with Crippen LogP contribution < -0.4 is 19.3 Å². The summed E-state index contributed by atoms with van der Waals surface area (Å²) in [6.07, 6.45) is 4.30. The molecule has 3 aromatic carbocycles. The molecule has 1 N–H and O–H groups in total. The molecule has 1 saturated heterocycles. The van der Waals surface area contributed by atoms with E-state index in [1.807, 2.05) is 24.3 Å². The second-order valence-electron chi connectivity index (χ2n) is 12.5. The summed E-state index contributed by atoms with van der Waals surface area (Å²) in [6.45, 7) is 8.75. The average molecular weight is 634 g/mol. The van der Waals surface area contributed by atoms with Gasteiger partial charge in [-0.15, -0.1) is 0 Å². The molecule has 0 saturated carbocycles. The first-order chi connectivity index (χ1) is 22.7. The Kier molecular flexibility index (Phi) is 13.3. The number of para-hydroxylation sites is 1. The molecule has 0 spiro atoms. The van der Waals surface area contributed by atoms with Crippen LogP contribution in [0.15, 0.2) is 66.7 Å². The maximum Gasteiger partial charge on any atom is 0.136 e. The van der Waals surface area contributed by atoms with Crippen LogP contribution >= 0.6 is 0 Å². The van der Waals surface area contributed by atoms with Crippen LogP contribution in [-0.2, 0) is 38.6 Å². The van der Waals surface area contributed by atoms with Crippen LogP contribution in [0.3, 0.4) is 0 Å². The summed E-state index contributed by atoms with van der Waals surface area (Å²) in [7, 11) is 5.27. The van der Waals surface area contributed by atoms with Gasteiger partial charge in [0.25, 0.3) is 0 Å². The van der Waals surface area contributed by atoms with Crippen LogP contribution in [0.25, 0.3) is 0 Å². The van der Waals surface area contributed by atoms with Gasteiger partial charge in [-0.05, 0) is 48.7 Å². The number of piperidine rings is 1. The molecule has 8 heteroatoms. The number of ether oxygens (including phenoxy) is 6. The summed E-state index contributed by atoms with van der Waals surface area (Å²) in [5.41, 5.74) is 6.46. The van der Waals surface area contributed by atoms with Crippen molar-refractivity contribution in [2.45, 2.75) is 50.9 Å². The third kappa shape index (κ3) is 9.09. The topological polar surface area (TPSA) is 67.4 Å². The molecule has 0 bridgehead atoms. The Morgan fingerprint density at radius 3 is 2.43 bits per heavy atom. The SMILES string of the molecule is COCC[N+]1(CCOC)CCCc2ccc(CO[C@H]3CNCC[C@@H]3c3ccc(OCCCOCc4ccccc4OC)cc3)cc21. The largest absolute Gasteiger partial charge is 0.496 e. The summed E-state index contributed by atoms with van der Waals surface area (Å²) in [6, 6.07) is 23.5. The minimum atomic E-state index is 0.109. The van der Waals surface area contributed by atoms with Crippen molar-refractivity contribution in [3.8, 4) is 11.5 Å². The zero-order valence-corrected chi connectivity index (χ0v) is 28.0. The molecule has 250 valence electrons. The lowest BCUT2D eigenvalue weighted by atomic mass is 9.87. The average Bonchev–Trinajstić information content (AvgIpc) is 3.11. The number of hydrogen-bond donors (Lipinski definition) is 1. The van der Waals surface area contributed by atoms with E-state index in [2.05, 4.69) is 47.8 Å². The van der Waals surface area contributed by atoms with Crippen LogP contribution in [0.1, 0.15) is 47.4 Å². The van der Waals surface area contributed by atoms with E-state index in [1.54, 1.807) is 21.3 Å². The van der Waals surface area contributed by atoms with E-state index in [4.69, 9.17) is 28.4 Å². The summed E-state index contributed by atoms with van der Waals surface area (Å²) < 4.78 is 35.9. The van der Waals surface area contributed by atoms with Crippen LogP contribution in [0, 0.1) is 0 Å². The molecule has 2 atom stereocenters. The molecule has 0 amide bonds. The first kappa shape index (κ1) is 34.4. The number of nitrogens with one attached hydrogen (secondary N) is 1. The van der Waals surface area contributed by atoms with Gasteiger partial charge in [0.15, 0.2) is 0 Å². The van der Waals surface area contributed by atoms with Gasteiger partial charge in [0, 0.05) is 56.7 Å². The molecule has 0 aromatic heterocycles. The molecule has 0 unspecified atom stereocenters. The van der Waals surface area contributed by atoms with Crippen LogP contribution in [0.4, 0.5) is 5.69 Å². The fraction of sp³-hybridized carbons (Fsp3) is 0.526. The van der Waals surface area contributed by atoms with Gasteiger partial charge in [-0.3, -0.25) is 4.48 Å². The van der Waals surface area contributed by atoms with Gasteiger partial charge in [-0.1, -0.05) is 42.5 Å². The lowest BCUT2D eigenvalue weighted by Crippen LogP contribution is -2.56. The fourth-order valence-electron chi connectivity index (χ4n) is 6.91. The van der Waals surface area contributed by atoms with Gasteiger partial charge in [0.05, 0.1) is 59.4 Å². The first-order valence-corrected chi connectivity index (χ1v) is 16.9. The standard InChI is InChI=1S/C38H53N2O6/c1-41-24-20-40(21-25-42-2)19-6-9-32-12-11-30(26-36(32)40)28-46-38-27-39-18-17-35(38)31-13-15-34(16-14-31)45-23-7-22-44-29-33-8-4-5-10-37(33)43-3/h4-5,8,10-16,26,35,38-39H,6-7,9,17-25,27-29H2,1-3H3/q+1/t35-,38+/m1/s1. The maximum absolute atomic E-state index is 6.66. The fourth-order valence-corrected chi connectivity index (χ4v) is 6.91. The molecule has 2 aliphatic heterocycles. The summed E-state index contributed by atoms with van der Waals surface area (Å²) in [5.74, 6) is 2.09. The highest BCUT2D eigenvalue weighted by atomic mass is 16.5. The van der Waals surface area contributed by atoms with Gasteiger partial charge in [0.1, 0.15) is 30.3 Å². The van der Waals surface area contributed by atoms with Crippen LogP contribution in [0.5, 0.6) is 11.5 Å². The molecular weight excluding hydrogens is 580 g/mol. The third-order valence-electron chi connectivity index (χ3n) is 9.49. The zero-order chi connectivity index (χ0) is 32.0. The lowest BCUT2D eigenvalue weighted by molar-refractivity contribution is 0.0105. The Bertz CT molecular complexity index is 1330. The van der Waals surface area contributed by atoms with E-state index < -0.39 is 0 Å². The molecule has 3 aromatic rings. The third-order valence-corrected chi connectivity index (χ3v) is 9.49. The number of fused-ring (bicyclic) bond motifs is 1. The molecule has 2 heterocycles. The number of benzene rings is 3. The van der Waals surface area contributed by atoms with E-state index in [0.29, 0.717) is 32.3 Å².